The molecule has 0 N–H and O–H groups in total. The number of carbonyl (C=O) groups is 1. The Morgan fingerprint density at radius 3 is 3.20 bits per heavy atom. The van der Waals surface area contributed by atoms with Gasteiger partial charge >= 0.3 is 0 Å². The van der Waals surface area contributed by atoms with Gasteiger partial charge in [-0.05, 0) is 12.1 Å². The molecule has 0 aromatic carbocycles. The first-order valence-corrected chi connectivity index (χ1v) is 4.64. The van der Waals surface area contributed by atoms with Crippen LogP contribution >= 0.6 is 0 Å². The van der Waals surface area contributed by atoms with E-state index in [1.165, 1.54) is 0 Å². The van der Waals surface area contributed by atoms with Crippen LogP contribution in [-0.2, 0) is 16.0 Å². The molecule has 0 fully saturated rings. The van der Waals surface area contributed by atoms with Gasteiger partial charge in [0.05, 0.1) is 12.1 Å². The number of ether oxygens (including phenoxy) is 1. The smallest absolute Gasteiger partial charge is 0.293 e. The first-order valence-electron chi connectivity index (χ1n) is 4.64. The fourth-order valence-corrected chi connectivity index (χ4v) is 1.46. The van der Waals surface area contributed by atoms with Crippen LogP contribution in [0.4, 0.5) is 0 Å². The lowest BCUT2D eigenvalue weighted by molar-refractivity contribution is -0.128. The molecule has 15 heavy (non-hydrogen) atoms. The monoisotopic (exact) mass is 202 g/mol. The van der Waals surface area contributed by atoms with E-state index in [2.05, 4.69) is 14.7 Å². The van der Waals surface area contributed by atoms with E-state index in [1.807, 2.05) is 12.1 Å². The van der Waals surface area contributed by atoms with Crippen molar-refractivity contribution in [1.82, 2.24) is 9.97 Å². The standard InChI is InChI=1S/C11H10N2O2/c14-8-15-5-3-10-7-12-6-9-2-1-4-13-11(9)10/h1-2,4,6-8H,3,5H2. The van der Waals surface area contributed by atoms with E-state index in [0.29, 0.717) is 19.5 Å². The molecule has 2 aromatic heterocycles. The largest absolute Gasteiger partial charge is 0.468 e. The van der Waals surface area contributed by atoms with Crippen LogP contribution in [-0.4, -0.2) is 23.0 Å². The Balaban J connectivity index is 2.30. The van der Waals surface area contributed by atoms with Gasteiger partial charge in [-0.3, -0.25) is 14.8 Å². The lowest BCUT2D eigenvalue weighted by Gasteiger charge is -2.03. The molecule has 4 nitrogen and oxygen atoms in total. The second-order valence-electron chi connectivity index (χ2n) is 3.09. The molecule has 0 aliphatic heterocycles. The van der Waals surface area contributed by atoms with Crippen LogP contribution in [0, 0.1) is 0 Å². The molecule has 0 aliphatic carbocycles. The number of fused-ring (bicyclic) bond motifs is 1. The van der Waals surface area contributed by atoms with E-state index in [9.17, 15) is 4.79 Å². The average molecular weight is 202 g/mol. The Labute approximate surface area is 86.9 Å². The van der Waals surface area contributed by atoms with Gasteiger partial charge in [-0.25, -0.2) is 0 Å². The van der Waals surface area contributed by atoms with Crippen molar-refractivity contribution in [3.8, 4) is 0 Å². The maximum absolute atomic E-state index is 10.0. The molecule has 0 atom stereocenters. The summed E-state index contributed by atoms with van der Waals surface area (Å²) in [7, 11) is 0. The minimum absolute atomic E-state index is 0.362. The molecule has 4 heteroatoms. The maximum Gasteiger partial charge on any atom is 0.293 e. The predicted molar refractivity (Wildman–Crippen MR) is 55.3 cm³/mol. The third-order valence-corrected chi connectivity index (χ3v) is 2.14. The molecule has 0 saturated heterocycles. The molecule has 0 bridgehead atoms. The van der Waals surface area contributed by atoms with E-state index in [0.717, 1.165) is 16.5 Å². The highest BCUT2D eigenvalue weighted by atomic mass is 16.5. The number of hydrogen-bond donors (Lipinski definition) is 0. The molecule has 0 spiro atoms. The molecule has 0 amide bonds. The third kappa shape index (κ3) is 2.10. The summed E-state index contributed by atoms with van der Waals surface area (Å²) >= 11 is 0. The average Bonchev–Trinajstić information content (AvgIpc) is 2.30. The number of hydrogen-bond acceptors (Lipinski definition) is 4. The fraction of sp³-hybridized carbons (Fsp3) is 0.182. The van der Waals surface area contributed by atoms with Crippen LogP contribution in [0.1, 0.15) is 5.56 Å². The van der Waals surface area contributed by atoms with Gasteiger partial charge in [0.25, 0.3) is 6.47 Å². The quantitative estimate of drug-likeness (QED) is 0.554. The van der Waals surface area contributed by atoms with Crippen LogP contribution < -0.4 is 0 Å². The molecule has 0 saturated carbocycles. The molecule has 2 heterocycles. The van der Waals surface area contributed by atoms with Crippen LogP contribution in [0.25, 0.3) is 10.9 Å². The Hall–Kier alpha value is -1.97. The molecule has 76 valence electrons. The number of pyridine rings is 2. The second kappa shape index (κ2) is 4.50. The number of carbonyl (C=O) groups excluding carboxylic acids is 1. The number of rotatable bonds is 4. The van der Waals surface area contributed by atoms with Gasteiger partial charge in [0.2, 0.25) is 0 Å². The van der Waals surface area contributed by atoms with Crippen molar-refractivity contribution < 1.29 is 9.53 Å². The summed E-state index contributed by atoms with van der Waals surface area (Å²) in [6.07, 6.45) is 5.91. The Morgan fingerprint density at radius 1 is 1.40 bits per heavy atom. The van der Waals surface area contributed by atoms with Crippen LogP contribution in [0.15, 0.2) is 30.7 Å². The van der Waals surface area contributed by atoms with E-state index >= 15 is 0 Å². The molecule has 0 unspecified atom stereocenters. The van der Waals surface area contributed by atoms with Crippen molar-refractivity contribution in [2.24, 2.45) is 0 Å². The highest BCUT2D eigenvalue weighted by molar-refractivity contribution is 5.80. The van der Waals surface area contributed by atoms with Crippen molar-refractivity contribution in [3.63, 3.8) is 0 Å². The molecule has 0 radical (unpaired) electrons. The van der Waals surface area contributed by atoms with E-state index < -0.39 is 0 Å². The highest BCUT2D eigenvalue weighted by Crippen LogP contribution is 2.14. The van der Waals surface area contributed by atoms with E-state index in [4.69, 9.17) is 0 Å². The zero-order valence-electron chi connectivity index (χ0n) is 8.09. The van der Waals surface area contributed by atoms with Gasteiger partial charge in [-0.1, -0.05) is 0 Å². The lowest BCUT2D eigenvalue weighted by atomic mass is 10.1. The Morgan fingerprint density at radius 2 is 2.33 bits per heavy atom. The molecular formula is C11H10N2O2. The maximum atomic E-state index is 10.0. The fourth-order valence-electron chi connectivity index (χ4n) is 1.46. The second-order valence-corrected chi connectivity index (χ2v) is 3.09. The van der Waals surface area contributed by atoms with Crippen molar-refractivity contribution in [3.05, 3.63) is 36.3 Å². The van der Waals surface area contributed by atoms with E-state index in [-0.39, 0.29) is 0 Å². The van der Waals surface area contributed by atoms with Crippen LogP contribution in [0.2, 0.25) is 0 Å². The first-order chi connectivity index (χ1) is 7.42. The Bertz CT molecular complexity index is 466. The molecular weight excluding hydrogens is 192 g/mol. The first kappa shape index (κ1) is 9.58. The van der Waals surface area contributed by atoms with Gasteiger partial charge in [0.1, 0.15) is 0 Å². The van der Waals surface area contributed by atoms with Crippen molar-refractivity contribution in [1.29, 1.82) is 0 Å². The van der Waals surface area contributed by atoms with E-state index in [1.54, 1.807) is 18.6 Å². The summed E-state index contributed by atoms with van der Waals surface area (Å²) in [5.41, 5.74) is 1.91. The topological polar surface area (TPSA) is 52.1 Å². The molecule has 0 aliphatic rings. The van der Waals surface area contributed by atoms with Gasteiger partial charge in [0.15, 0.2) is 0 Å². The summed E-state index contributed by atoms with van der Waals surface area (Å²) in [5, 5.41) is 1.00. The summed E-state index contributed by atoms with van der Waals surface area (Å²) in [5.74, 6) is 0. The van der Waals surface area contributed by atoms with Crippen molar-refractivity contribution in [2.45, 2.75) is 6.42 Å². The van der Waals surface area contributed by atoms with Gasteiger partial charge < -0.3 is 4.74 Å². The zero-order valence-corrected chi connectivity index (χ0v) is 8.09. The lowest BCUT2D eigenvalue weighted by Crippen LogP contribution is -1.98. The SMILES string of the molecule is O=COCCc1cncc2cccnc12. The minimum atomic E-state index is 0.362. The Kier molecular flexibility index (Phi) is 2.88. The van der Waals surface area contributed by atoms with Crippen LogP contribution in [0.3, 0.4) is 0 Å². The summed E-state index contributed by atoms with van der Waals surface area (Å²) in [4.78, 5) is 18.4. The molecule has 2 rings (SSSR count). The number of aromatic nitrogens is 2. The van der Waals surface area contributed by atoms with Crippen LogP contribution in [0.5, 0.6) is 0 Å². The van der Waals surface area contributed by atoms with Gasteiger partial charge in [-0.2, -0.15) is 0 Å². The van der Waals surface area contributed by atoms with Gasteiger partial charge in [-0.15, -0.1) is 0 Å². The minimum Gasteiger partial charge on any atom is -0.468 e. The summed E-state index contributed by atoms with van der Waals surface area (Å²) < 4.78 is 4.65. The number of nitrogens with zero attached hydrogens (tertiary/aromatic N) is 2. The van der Waals surface area contributed by atoms with Crippen molar-refractivity contribution >= 4 is 17.4 Å². The normalized spacial score (nSPS) is 10.1. The highest BCUT2D eigenvalue weighted by Gasteiger charge is 2.01. The summed E-state index contributed by atoms with van der Waals surface area (Å²) in [6, 6.07) is 3.83. The predicted octanol–water partition coefficient (Wildman–Crippen LogP) is 1.35. The summed E-state index contributed by atoms with van der Waals surface area (Å²) in [6.45, 7) is 0.812. The van der Waals surface area contributed by atoms with Gasteiger partial charge in [0, 0.05) is 36.0 Å². The molecule has 2 aromatic rings. The van der Waals surface area contributed by atoms with Crippen molar-refractivity contribution in [2.75, 3.05) is 6.61 Å². The third-order valence-electron chi connectivity index (χ3n) is 2.14. The zero-order chi connectivity index (χ0) is 10.5.